The molecule has 0 aliphatic carbocycles. The number of carbonyl (C=O) groups excluding carboxylic acids is 2. The number of hydrogen-bond donors (Lipinski definition) is 0. The van der Waals surface area contributed by atoms with Crippen LogP contribution in [0.15, 0.2) is 33.8 Å². The zero-order valence-corrected chi connectivity index (χ0v) is 23.0. The SMILES string of the molecule is CC(C)N(C(=O)SCC(Cl)=C(Cl)Cl)C(C)C.CC1COc2ccccc2N1C(=O)C(Cl)Cl. The molecule has 11 heteroatoms. The molecule has 0 fully saturated rings. The van der Waals surface area contributed by atoms with Crippen LogP contribution in [0.25, 0.3) is 0 Å². The summed E-state index contributed by atoms with van der Waals surface area (Å²) in [6.45, 7) is 10.2. The fourth-order valence-electron chi connectivity index (χ4n) is 3.01. The molecule has 0 aromatic heterocycles. The zero-order chi connectivity index (χ0) is 24.6. The van der Waals surface area contributed by atoms with Crippen LogP contribution in [-0.4, -0.2) is 51.4 Å². The number of anilines is 1. The van der Waals surface area contributed by atoms with Crippen LogP contribution in [0.4, 0.5) is 10.5 Å². The van der Waals surface area contributed by atoms with Gasteiger partial charge in [0.05, 0.1) is 16.8 Å². The molecule has 2 rings (SSSR count). The van der Waals surface area contributed by atoms with Gasteiger partial charge in [-0.15, -0.1) is 0 Å². The number of hydrogen-bond acceptors (Lipinski definition) is 4. The molecular weight excluding hydrogens is 538 g/mol. The average Bonchev–Trinajstić information content (AvgIpc) is 2.71. The Morgan fingerprint density at radius 1 is 1.12 bits per heavy atom. The molecule has 0 spiro atoms. The minimum atomic E-state index is -1.05. The Hall–Kier alpha value is -0.500. The Balaban J connectivity index is 0.000000320. The van der Waals surface area contributed by atoms with Gasteiger partial charge in [0.25, 0.3) is 11.1 Å². The number of thioether (sulfide) groups is 1. The Bertz CT molecular complexity index is 808. The van der Waals surface area contributed by atoms with Gasteiger partial charge in [-0.25, -0.2) is 0 Å². The lowest BCUT2D eigenvalue weighted by molar-refractivity contribution is -0.117. The van der Waals surface area contributed by atoms with Crippen molar-refractivity contribution >= 4 is 86.6 Å². The predicted molar refractivity (Wildman–Crippen MR) is 139 cm³/mol. The van der Waals surface area contributed by atoms with Gasteiger partial charge in [0.2, 0.25) is 0 Å². The van der Waals surface area contributed by atoms with Crippen LogP contribution in [0.5, 0.6) is 5.75 Å². The summed E-state index contributed by atoms with van der Waals surface area (Å²) in [5.41, 5.74) is 0.720. The maximum Gasteiger partial charge on any atom is 0.282 e. The second-order valence-corrected chi connectivity index (χ2v) is 10.9. The molecule has 180 valence electrons. The molecule has 1 heterocycles. The first-order valence-corrected chi connectivity index (χ1v) is 12.8. The fourth-order valence-corrected chi connectivity index (χ4v) is 4.65. The maximum atomic E-state index is 11.9. The number of carbonyl (C=O) groups is 2. The number of nitrogens with zero attached hydrogens (tertiary/aromatic N) is 2. The summed E-state index contributed by atoms with van der Waals surface area (Å²) in [7, 11) is 0. The van der Waals surface area contributed by atoms with Crippen molar-refractivity contribution in [3.05, 3.63) is 33.8 Å². The molecule has 0 saturated heterocycles. The lowest BCUT2D eigenvalue weighted by atomic mass is 10.1. The number of ether oxygens (including phenoxy) is 1. The number of alkyl halides is 2. The van der Waals surface area contributed by atoms with Gasteiger partial charge >= 0.3 is 0 Å². The van der Waals surface area contributed by atoms with Crippen LogP contribution in [0.1, 0.15) is 34.6 Å². The van der Waals surface area contributed by atoms with Crippen molar-refractivity contribution in [3.63, 3.8) is 0 Å². The highest BCUT2D eigenvalue weighted by Crippen LogP contribution is 2.34. The molecular formula is C21H27Cl5N2O3S. The molecule has 1 aromatic carbocycles. The summed E-state index contributed by atoms with van der Waals surface area (Å²) >= 11 is 29.1. The highest BCUT2D eigenvalue weighted by Gasteiger charge is 2.32. The summed E-state index contributed by atoms with van der Waals surface area (Å²) in [5, 5.41) is 0.284. The largest absolute Gasteiger partial charge is 0.489 e. The number of benzene rings is 1. The van der Waals surface area contributed by atoms with Gasteiger partial charge < -0.3 is 14.5 Å². The van der Waals surface area contributed by atoms with Gasteiger partial charge in [0, 0.05) is 17.8 Å². The number of para-hydroxylation sites is 2. The number of rotatable bonds is 5. The number of fused-ring (bicyclic) bond motifs is 1. The maximum absolute atomic E-state index is 11.9. The molecule has 1 unspecified atom stereocenters. The van der Waals surface area contributed by atoms with Gasteiger partial charge in [0.1, 0.15) is 16.8 Å². The number of amides is 2. The van der Waals surface area contributed by atoms with Gasteiger partial charge in [0.15, 0.2) is 4.84 Å². The fraction of sp³-hybridized carbons (Fsp3) is 0.524. The average molecular weight is 565 g/mol. The monoisotopic (exact) mass is 562 g/mol. The van der Waals surface area contributed by atoms with Crippen LogP contribution in [-0.2, 0) is 4.79 Å². The topological polar surface area (TPSA) is 49.9 Å². The van der Waals surface area contributed by atoms with Crippen LogP contribution in [0, 0.1) is 0 Å². The third-order valence-corrected chi connectivity index (χ3v) is 6.72. The molecule has 1 atom stereocenters. The molecule has 1 aliphatic rings. The Morgan fingerprint density at radius 3 is 2.19 bits per heavy atom. The van der Waals surface area contributed by atoms with Crippen molar-refractivity contribution in [1.82, 2.24) is 4.90 Å². The summed E-state index contributed by atoms with van der Waals surface area (Å²) in [6, 6.07) is 7.60. The van der Waals surface area contributed by atoms with E-state index in [4.69, 9.17) is 62.7 Å². The van der Waals surface area contributed by atoms with Crippen molar-refractivity contribution < 1.29 is 14.3 Å². The van der Waals surface area contributed by atoms with Crippen molar-refractivity contribution in [3.8, 4) is 5.75 Å². The van der Waals surface area contributed by atoms with E-state index in [1.54, 1.807) is 9.80 Å². The Morgan fingerprint density at radius 2 is 1.69 bits per heavy atom. The summed E-state index contributed by atoms with van der Waals surface area (Å²) in [5.74, 6) is 0.674. The molecule has 0 saturated carbocycles. The van der Waals surface area contributed by atoms with Crippen molar-refractivity contribution in [1.29, 1.82) is 0 Å². The molecule has 32 heavy (non-hydrogen) atoms. The van der Waals surface area contributed by atoms with Crippen LogP contribution in [0.2, 0.25) is 0 Å². The van der Waals surface area contributed by atoms with Crippen LogP contribution >= 0.6 is 69.8 Å². The second-order valence-electron chi connectivity index (χ2n) is 7.45. The standard InChI is InChI=1S/C11H11Cl2NO2.C10H16Cl3NOS/c1-7-6-16-9-5-3-2-4-8(9)14(7)11(15)10(12)13;1-6(2)14(7(3)4)10(15)16-5-8(11)9(12)13/h2-5,7,10H,6H2,1H3;6-7H,5H2,1-4H3. The molecule has 1 aromatic rings. The minimum Gasteiger partial charge on any atom is -0.489 e. The third-order valence-electron chi connectivity index (χ3n) is 4.32. The van der Waals surface area contributed by atoms with E-state index in [2.05, 4.69) is 0 Å². The first kappa shape index (κ1) is 29.5. The van der Waals surface area contributed by atoms with Gasteiger partial charge in [-0.05, 0) is 46.8 Å². The first-order valence-electron chi connectivity index (χ1n) is 9.86. The quantitative estimate of drug-likeness (QED) is 0.349. The molecule has 1 aliphatic heterocycles. The highest BCUT2D eigenvalue weighted by molar-refractivity contribution is 8.13. The highest BCUT2D eigenvalue weighted by atomic mass is 35.5. The normalized spacial score (nSPS) is 15.0. The summed E-state index contributed by atoms with van der Waals surface area (Å²) in [6.07, 6.45) is 0. The van der Waals surface area contributed by atoms with Gasteiger partial charge in [-0.3, -0.25) is 9.59 Å². The Labute approximate surface area is 219 Å². The lowest BCUT2D eigenvalue weighted by Crippen LogP contribution is -2.47. The molecule has 0 bridgehead atoms. The predicted octanol–water partition coefficient (Wildman–Crippen LogP) is 7.45. The van der Waals surface area contributed by atoms with Crippen LogP contribution < -0.4 is 9.64 Å². The van der Waals surface area contributed by atoms with E-state index in [0.29, 0.717) is 23.1 Å². The van der Waals surface area contributed by atoms with Crippen molar-refractivity contribution in [2.75, 3.05) is 17.3 Å². The second kappa shape index (κ2) is 14.0. The van der Waals surface area contributed by atoms with E-state index < -0.39 is 4.84 Å². The van der Waals surface area contributed by atoms with Crippen molar-refractivity contribution in [2.45, 2.75) is 57.6 Å². The zero-order valence-electron chi connectivity index (χ0n) is 18.5. The lowest BCUT2D eigenvalue weighted by Gasteiger charge is -2.35. The smallest absolute Gasteiger partial charge is 0.282 e. The first-order chi connectivity index (χ1) is 14.9. The molecule has 2 amide bonds. The third kappa shape index (κ3) is 8.69. The van der Waals surface area contributed by atoms with Crippen molar-refractivity contribution in [2.24, 2.45) is 0 Å². The van der Waals surface area contributed by atoms with Gasteiger partial charge in [-0.2, -0.15) is 0 Å². The van der Waals surface area contributed by atoms with E-state index in [-0.39, 0.29) is 33.8 Å². The summed E-state index contributed by atoms with van der Waals surface area (Å²) < 4.78 is 5.53. The van der Waals surface area contributed by atoms with E-state index in [0.717, 1.165) is 17.4 Å². The van der Waals surface area contributed by atoms with E-state index in [1.807, 2.05) is 58.9 Å². The number of halogens is 5. The van der Waals surface area contributed by atoms with E-state index >= 15 is 0 Å². The van der Waals surface area contributed by atoms with Gasteiger partial charge in [-0.1, -0.05) is 81.9 Å². The Kier molecular flexibility index (Phi) is 12.9. The van der Waals surface area contributed by atoms with Crippen LogP contribution in [0.3, 0.4) is 0 Å². The van der Waals surface area contributed by atoms with E-state index in [9.17, 15) is 9.59 Å². The molecule has 5 nitrogen and oxygen atoms in total. The van der Waals surface area contributed by atoms with E-state index in [1.165, 1.54) is 0 Å². The summed E-state index contributed by atoms with van der Waals surface area (Å²) in [4.78, 5) is 26.1. The molecule has 0 N–H and O–H groups in total. The molecule has 0 radical (unpaired) electrons. The minimum absolute atomic E-state index is 0.0160.